The van der Waals surface area contributed by atoms with E-state index in [9.17, 15) is 19.2 Å². The van der Waals surface area contributed by atoms with Gasteiger partial charge in [0.15, 0.2) is 12.1 Å². The van der Waals surface area contributed by atoms with Gasteiger partial charge in [0.1, 0.15) is 0 Å². The Bertz CT molecular complexity index is 317. The van der Waals surface area contributed by atoms with Crippen molar-refractivity contribution in [2.75, 3.05) is 0 Å². The predicted octanol–water partition coefficient (Wildman–Crippen LogP) is -1.95. The molecular weight excluding hydrogens is 178 g/mol. The number of amides is 2. The fourth-order valence-electron chi connectivity index (χ4n) is 0.928. The minimum absolute atomic E-state index is 0.766. The Morgan fingerprint density at radius 3 is 1.69 bits per heavy atom. The quantitative estimate of drug-likeness (QED) is 0.303. The molecule has 1 aliphatic rings. The van der Waals surface area contributed by atoms with Crippen LogP contribution in [0.2, 0.25) is 0 Å². The Hall–Kier alpha value is -2.10. The summed E-state index contributed by atoms with van der Waals surface area (Å²) in [7, 11) is 0. The SMILES string of the molecule is O=C=NC1C(=O)NC(=O)C1N=C=O. The number of carbonyl (C=O) groups is 2. The van der Waals surface area contributed by atoms with Gasteiger partial charge >= 0.3 is 0 Å². The van der Waals surface area contributed by atoms with E-state index in [4.69, 9.17) is 0 Å². The third-order valence-corrected chi connectivity index (χ3v) is 1.47. The molecule has 1 saturated heterocycles. The summed E-state index contributed by atoms with van der Waals surface area (Å²) in [4.78, 5) is 47.5. The lowest BCUT2D eigenvalue weighted by Crippen LogP contribution is -2.25. The monoisotopic (exact) mass is 181 g/mol. The summed E-state index contributed by atoms with van der Waals surface area (Å²) < 4.78 is 0. The van der Waals surface area contributed by atoms with Crippen molar-refractivity contribution in [3.8, 4) is 0 Å². The van der Waals surface area contributed by atoms with E-state index in [1.54, 1.807) is 0 Å². The molecule has 1 fully saturated rings. The van der Waals surface area contributed by atoms with Crippen molar-refractivity contribution in [3.63, 3.8) is 0 Å². The molecule has 2 amide bonds. The average molecular weight is 181 g/mol. The number of isocyanates is 2. The molecule has 1 aliphatic heterocycles. The summed E-state index contributed by atoms with van der Waals surface area (Å²) >= 11 is 0. The first-order valence-corrected chi connectivity index (χ1v) is 3.19. The number of aliphatic imine (C=N–C) groups is 2. The Balaban J connectivity index is 3.02. The average Bonchev–Trinajstić information content (AvgIpc) is 2.33. The van der Waals surface area contributed by atoms with Gasteiger partial charge in [0, 0.05) is 0 Å². The number of carbonyl (C=O) groups excluding carboxylic acids is 4. The third-order valence-electron chi connectivity index (χ3n) is 1.47. The van der Waals surface area contributed by atoms with E-state index < -0.39 is 23.9 Å². The summed E-state index contributed by atoms with van der Waals surface area (Å²) in [6.45, 7) is 0. The highest BCUT2D eigenvalue weighted by atomic mass is 16.2. The second-order valence-electron chi connectivity index (χ2n) is 2.18. The van der Waals surface area contributed by atoms with Crippen molar-refractivity contribution < 1.29 is 19.2 Å². The zero-order chi connectivity index (χ0) is 9.84. The zero-order valence-corrected chi connectivity index (χ0v) is 6.18. The first kappa shape index (κ1) is 8.99. The highest BCUT2D eigenvalue weighted by molar-refractivity contribution is 6.09. The lowest BCUT2D eigenvalue weighted by molar-refractivity contribution is -0.125. The van der Waals surface area contributed by atoms with E-state index in [-0.39, 0.29) is 0 Å². The summed E-state index contributed by atoms with van der Waals surface area (Å²) in [6.07, 6.45) is 2.24. The lowest BCUT2D eigenvalue weighted by atomic mass is 10.2. The molecule has 0 aliphatic carbocycles. The first-order valence-electron chi connectivity index (χ1n) is 3.19. The zero-order valence-electron chi connectivity index (χ0n) is 6.18. The molecule has 7 heteroatoms. The number of hydrogen-bond donors (Lipinski definition) is 1. The highest BCUT2D eigenvalue weighted by Crippen LogP contribution is 2.10. The number of nitrogens with one attached hydrogen (secondary N) is 1. The Labute approximate surface area is 71.5 Å². The van der Waals surface area contributed by atoms with Crippen LogP contribution < -0.4 is 5.32 Å². The maximum Gasteiger partial charge on any atom is 0.255 e. The van der Waals surface area contributed by atoms with E-state index in [0.29, 0.717) is 0 Å². The van der Waals surface area contributed by atoms with Gasteiger partial charge in [-0.25, -0.2) is 9.59 Å². The van der Waals surface area contributed by atoms with Crippen LogP contribution in [0.1, 0.15) is 0 Å². The molecule has 0 bridgehead atoms. The van der Waals surface area contributed by atoms with Crippen LogP contribution in [0.3, 0.4) is 0 Å². The van der Waals surface area contributed by atoms with Crippen LogP contribution in [0, 0.1) is 0 Å². The maximum absolute atomic E-state index is 10.9. The van der Waals surface area contributed by atoms with Gasteiger partial charge in [-0.15, -0.1) is 0 Å². The van der Waals surface area contributed by atoms with Gasteiger partial charge in [0.2, 0.25) is 12.2 Å². The molecule has 1 N–H and O–H groups in total. The molecule has 0 radical (unpaired) electrons. The van der Waals surface area contributed by atoms with Crippen LogP contribution in [-0.4, -0.2) is 36.1 Å². The largest absolute Gasteiger partial charge is 0.292 e. The molecule has 2 atom stereocenters. The molecular formula is C6H3N3O4. The van der Waals surface area contributed by atoms with Crippen LogP contribution in [0.15, 0.2) is 9.98 Å². The molecule has 1 rings (SSSR count). The Morgan fingerprint density at radius 1 is 1.00 bits per heavy atom. The van der Waals surface area contributed by atoms with Gasteiger partial charge in [-0.2, -0.15) is 9.98 Å². The maximum atomic E-state index is 10.9. The van der Waals surface area contributed by atoms with Gasteiger partial charge in [0.05, 0.1) is 0 Å². The van der Waals surface area contributed by atoms with Gasteiger partial charge in [-0.05, 0) is 0 Å². The number of imide groups is 1. The highest BCUT2D eigenvalue weighted by Gasteiger charge is 2.42. The lowest BCUT2D eigenvalue weighted by Gasteiger charge is -1.99. The first-order chi connectivity index (χ1) is 6.20. The minimum atomic E-state index is -1.29. The van der Waals surface area contributed by atoms with E-state index in [2.05, 4.69) is 9.98 Å². The summed E-state index contributed by atoms with van der Waals surface area (Å²) in [5.41, 5.74) is 0. The molecule has 0 saturated carbocycles. The van der Waals surface area contributed by atoms with Crippen LogP contribution >= 0.6 is 0 Å². The normalized spacial score (nSPS) is 25.8. The number of rotatable bonds is 2. The van der Waals surface area contributed by atoms with E-state index >= 15 is 0 Å². The van der Waals surface area contributed by atoms with Gasteiger partial charge < -0.3 is 0 Å². The fourth-order valence-corrected chi connectivity index (χ4v) is 0.928. The van der Waals surface area contributed by atoms with Gasteiger partial charge in [-0.3, -0.25) is 14.9 Å². The molecule has 66 valence electrons. The molecule has 0 aromatic carbocycles. The van der Waals surface area contributed by atoms with Crippen LogP contribution in [0.4, 0.5) is 0 Å². The topological polar surface area (TPSA) is 105 Å². The summed E-state index contributed by atoms with van der Waals surface area (Å²) in [5, 5.41) is 1.86. The van der Waals surface area contributed by atoms with Crippen molar-refractivity contribution in [1.29, 1.82) is 0 Å². The van der Waals surface area contributed by atoms with Crippen molar-refractivity contribution >= 4 is 24.0 Å². The van der Waals surface area contributed by atoms with E-state index in [0.717, 1.165) is 12.2 Å². The molecule has 0 aromatic heterocycles. The van der Waals surface area contributed by atoms with Gasteiger partial charge in [-0.1, -0.05) is 0 Å². The fraction of sp³-hybridized carbons (Fsp3) is 0.333. The molecule has 0 aromatic rings. The van der Waals surface area contributed by atoms with Crippen molar-refractivity contribution in [2.24, 2.45) is 9.98 Å². The smallest absolute Gasteiger partial charge is 0.255 e. The summed E-state index contributed by atoms with van der Waals surface area (Å²) in [5.74, 6) is -1.53. The van der Waals surface area contributed by atoms with Crippen LogP contribution in [0.5, 0.6) is 0 Å². The second-order valence-corrected chi connectivity index (χ2v) is 2.18. The second kappa shape index (κ2) is 3.53. The Morgan fingerprint density at radius 2 is 1.38 bits per heavy atom. The minimum Gasteiger partial charge on any atom is -0.292 e. The Kier molecular flexibility index (Phi) is 2.44. The summed E-state index contributed by atoms with van der Waals surface area (Å²) in [6, 6.07) is -2.57. The van der Waals surface area contributed by atoms with Gasteiger partial charge in [0.25, 0.3) is 11.8 Å². The van der Waals surface area contributed by atoms with Crippen LogP contribution in [-0.2, 0) is 19.2 Å². The standard InChI is InChI=1S/C6H3N3O4/c10-1-7-3-4(8-2-11)6(13)9-5(3)12/h3-4H,(H,9,12,13). The van der Waals surface area contributed by atoms with Crippen molar-refractivity contribution in [2.45, 2.75) is 12.1 Å². The van der Waals surface area contributed by atoms with Crippen LogP contribution in [0.25, 0.3) is 0 Å². The molecule has 1 heterocycles. The number of hydrogen-bond acceptors (Lipinski definition) is 6. The van der Waals surface area contributed by atoms with Crippen molar-refractivity contribution in [3.05, 3.63) is 0 Å². The third kappa shape index (κ3) is 1.56. The number of nitrogens with zero attached hydrogens (tertiary/aromatic N) is 2. The molecule has 13 heavy (non-hydrogen) atoms. The molecule has 0 spiro atoms. The van der Waals surface area contributed by atoms with E-state index in [1.165, 1.54) is 0 Å². The molecule has 7 nitrogen and oxygen atoms in total. The molecule has 2 unspecified atom stereocenters. The van der Waals surface area contributed by atoms with Crippen molar-refractivity contribution in [1.82, 2.24) is 5.32 Å². The van der Waals surface area contributed by atoms with E-state index in [1.807, 2.05) is 5.32 Å². The predicted molar refractivity (Wildman–Crippen MR) is 37.0 cm³/mol.